The van der Waals surface area contributed by atoms with Crippen LogP contribution in [0, 0.1) is 0 Å². The highest BCUT2D eigenvalue weighted by Crippen LogP contribution is 2.21. The van der Waals surface area contributed by atoms with Crippen molar-refractivity contribution >= 4 is 12.2 Å². The summed E-state index contributed by atoms with van der Waals surface area (Å²) in [5.74, 6) is 0. The fourth-order valence-corrected chi connectivity index (χ4v) is 1.41. The zero-order valence-corrected chi connectivity index (χ0v) is 7.96. The predicted octanol–water partition coefficient (Wildman–Crippen LogP) is 2.99. The molecule has 1 atom stereocenters. The van der Waals surface area contributed by atoms with Crippen molar-refractivity contribution in [3.05, 3.63) is 48.0 Å². The van der Waals surface area contributed by atoms with E-state index in [0.29, 0.717) is 0 Å². The molecular formula is C12H15N. The number of benzene rings is 1. The van der Waals surface area contributed by atoms with Gasteiger partial charge in [0.25, 0.3) is 0 Å². The summed E-state index contributed by atoms with van der Waals surface area (Å²) in [6.45, 7) is 9.50. The number of rotatable bonds is 3. The Bertz CT molecular complexity index is 324. The highest BCUT2D eigenvalue weighted by atomic mass is 14.6. The molecule has 1 heteroatoms. The van der Waals surface area contributed by atoms with Crippen molar-refractivity contribution in [3.63, 3.8) is 0 Å². The van der Waals surface area contributed by atoms with Crippen LogP contribution < -0.4 is 5.73 Å². The largest absolute Gasteiger partial charge is 0.324 e. The Morgan fingerprint density at radius 2 is 2.00 bits per heavy atom. The van der Waals surface area contributed by atoms with Gasteiger partial charge in [0.05, 0.1) is 0 Å². The molecule has 68 valence electrons. The molecule has 0 heterocycles. The first kappa shape index (κ1) is 9.75. The van der Waals surface area contributed by atoms with Gasteiger partial charge >= 0.3 is 0 Å². The molecule has 0 saturated heterocycles. The van der Waals surface area contributed by atoms with E-state index in [9.17, 15) is 0 Å². The van der Waals surface area contributed by atoms with E-state index >= 15 is 0 Å². The van der Waals surface area contributed by atoms with E-state index < -0.39 is 0 Å². The number of hydrogen-bond donors (Lipinski definition) is 1. The minimum atomic E-state index is 0.0351. The van der Waals surface area contributed by atoms with E-state index in [4.69, 9.17) is 5.73 Å². The van der Waals surface area contributed by atoms with Crippen LogP contribution in [-0.4, -0.2) is 0 Å². The lowest BCUT2D eigenvalue weighted by Crippen LogP contribution is -2.07. The molecule has 0 fully saturated rings. The monoisotopic (exact) mass is 173 g/mol. The summed E-state index contributed by atoms with van der Waals surface area (Å²) in [7, 11) is 0. The van der Waals surface area contributed by atoms with Gasteiger partial charge < -0.3 is 5.73 Å². The molecule has 0 radical (unpaired) electrons. The fourth-order valence-electron chi connectivity index (χ4n) is 1.41. The maximum atomic E-state index is 5.83. The van der Waals surface area contributed by atoms with Crippen LogP contribution in [0.15, 0.2) is 31.4 Å². The van der Waals surface area contributed by atoms with Gasteiger partial charge in [-0.1, -0.05) is 43.5 Å². The lowest BCUT2D eigenvalue weighted by Gasteiger charge is -2.11. The van der Waals surface area contributed by atoms with Crippen LogP contribution in [0.1, 0.15) is 29.7 Å². The molecule has 0 amide bonds. The van der Waals surface area contributed by atoms with E-state index in [1.807, 2.05) is 37.3 Å². The molecule has 0 spiro atoms. The Morgan fingerprint density at radius 3 is 2.46 bits per heavy atom. The van der Waals surface area contributed by atoms with Gasteiger partial charge in [0.1, 0.15) is 0 Å². The van der Waals surface area contributed by atoms with Gasteiger partial charge in [-0.2, -0.15) is 0 Å². The van der Waals surface area contributed by atoms with E-state index in [0.717, 1.165) is 16.7 Å². The lowest BCUT2D eigenvalue weighted by atomic mass is 9.97. The molecule has 1 nitrogen and oxygen atoms in total. The summed E-state index contributed by atoms with van der Waals surface area (Å²) in [4.78, 5) is 0. The molecule has 0 unspecified atom stereocenters. The second-order valence-corrected chi connectivity index (χ2v) is 3.05. The second kappa shape index (κ2) is 4.06. The summed E-state index contributed by atoms with van der Waals surface area (Å²) in [5, 5.41) is 0. The van der Waals surface area contributed by atoms with Gasteiger partial charge in [-0.15, -0.1) is 0 Å². The molecule has 2 N–H and O–H groups in total. The van der Waals surface area contributed by atoms with Crippen molar-refractivity contribution in [2.24, 2.45) is 5.73 Å². The minimum absolute atomic E-state index is 0.0351. The van der Waals surface area contributed by atoms with Crippen LogP contribution in [0.3, 0.4) is 0 Å². The molecule has 0 bridgehead atoms. The number of nitrogens with two attached hydrogens (primary N) is 1. The summed E-state index contributed by atoms with van der Waals surface area (Å²) < 4.78 is 0. The van der Waals surface area contributed by atoms with Crippen LogP contribution in [0.5, 0.6) is 0 Å². The zero-order valence-electron chi connectivity index (χ0n) is 7.96. The van der Waals surface area contributed by atoms with Gasteiger partial charge in [-0.25, -0.2) is 0 Å². The van der Waals surface area contributed by atoms with E-state index in [1.165, 1.54) is 0 Å². The average Bonchev–Trinajstić information content (AvgIpc) is 2.16. The Morgan fingerprint density at radius 1 is 1.31 bits per heavy atom. The van der Waals surface area contributed by atoms with E-state index in [1.54, 1.807) is 0 Å². The maximum absolute atomic E-state index is 5.83. The van der Waals surface area contributed by atoms with Crippen LogP contribution in [0.4, 0.5) is 0 Å². The lowest BCUT2D eigenvalue weighted by molar-refractivity contribution is 0.815. The third kappa shape index (κ3) is 1.87. The van der Waals surface area contributed by atoms with Gasteiger partial charge in [0, 0.05) is 6.04 Å². The molecule has 0 saturated carbocycles. The standard InChI is InChI=1S/C12H15N/c1-4-10-7-6-8-12(9(3)13)11(10)5-2/h4-9H,1-2,13H2,3H3/t9-/m0/s1. The van der Waals surface area contributed by atoms with Crippen LogP contribution >= 0.6 is 0 Å². The second-order valence-electron chi connectivity index (χ2n) is 3.05. The molecule has 1 aromatic carbocycles. The van der Waals surface area contributed by atoms with Gasteiger partial charge in [0.2, 0.25) is 0 Å². The first-order valence-corrected chi connectivity index (χ1v) is 4.34. The summed E-state index contributed by atoms with van der Waals surface area (Å²) in [5.41, 5.74) is 9.13. The molecule has 1 aromatic rings. The molecule has 0 aliphatic heterocycles. The SMILES string of the molecule is C=Cc1cccc([C@H](C)N)c1C=C. The Labute approximate surface area is 79.6 Å². The molecule has 1 rings (SSSR count). The summed E-state index contributed by atoms with van der Waals surface area (Å²) in [6.07, 6.45) is 3.65. The third-order valence-electron chi connectivity index (χ3n) is 2.09. The van der Waals surface area contributed by atoms with Crippen LogP contribution in [0.25, 0.3) is 12.2 Å². The fraction of sp³-hybridized carbons (Fsp3) is 0.167. The molecule has 0 aliphatic rings. The Hall–Kier alpha value is -1.34. The third-order valence-corrected chi connectivity index (χ3v) is 2.09. The van der Waals surface area contributed by atoms with Crippen LogP contribution in [0.2, 0.25) is 0 Å². The quantitative estimate of drug-likeness (QED) is 0.747. The Kier molecular flexibility index (Phi) is 3.04. The first-order chi connectivity index (χ1) is 6.20. The topological polar surface area (TPSA) is 26.0 Å². The predicted molar refractivity (Wildman–Crippen MR) is 59.2 cm³/mol. The highest BCUT2D eigenvalue weighted by Gasteiger charge is 2.05. The Balaban J connectivity index is 3.35. The summed E-state index contributed by atoms with van der Waals surface area (Å²) >= 11 is 0. The van der Waals surface area contributed by atoms with Gasteiger partial charge in [-0.3, -0.25) is 0 Å². The van der Waals surface area contributed by atoms with Gasteiger partial charge in [0.15, 0.2) is 0 Å². The average molecular weight is 173 g/mol. The molecular weight excluding hydrogens is 158 g/mol. The van der Waals surface area contributed by atoms with Crippen molar-refractivity contribution in [3.8, 4) is 0 Å². The van der Waals surface area contributed by atoms with Crippen molar-refractivity contribution in [1.29, 1.82) is 0 Å². The summed E-state index contributed by atoms with van der Waals surface area (Å²) in [6, 6.07) is 6.06. The molecule has 13 heavy (non-hydrogen) atoms. The van der Waals surface area contributed by atoms with Crippen molar-refractivity contribution in [2.45, 2.75) is 13.0 Å². The van der Waals surface area contributed by atoms with Gasteiger partial charge in [-0.05, 0) is 23.6 Å². The van der Waals surface area contributed by atoms with Crippen LogP contribution in [-0.2, 0) is 0 Å². The zero-order chi connectivity index (χ0) is 9.84. The minimum Gasteiger partial charge on any atom is -0.324 e. The smallest absolute Gasteiger partial charge is 0.0272 e. The highest BCUT2D eigenvalue weighted by molar-refractivity contribution is 5.66. The van der Waals surface area contributed by atoms with Crippen molar-refractivity contribution < 1.29 is 0 Å². The molecule has 0 aliphatic carbocycles. The maximum Gasteiger partial charge on any atom is 0.0272 e. The van der Waals surface area contributed by atoms with E-state index in [2.05, 4.69) is 13.2 Å². The van der Waals surface area contributed by atoms with Crippen molar-refractivity contribution in [2.75, 3.05) is 0 Å². The first-order valence-electron chi connectivity index (χ1n) is 4.34. The van der Waals surface area contributed by atoms with E-state index in [-0.39, 0.29) is 6.04 Å². The normalized spacial score (nSPS) is 12.2. The number of hydrogen-bond acceptors (Lipinski definition) is 1. The van der Waals surface area contributed by atoms with Crippen molar-refractivity contribution in [1.82, 2.24) is 0 Å². The molecule has 0 aromatic heterocycles.